The summed E-state index contributed by atoms with van der Waals surface area (Å²) in [6.45, 7) is 0.713. The first-order chi connectivity index (χ1) is 12.7. The van der Waals surface area contributed by atoms with Crippen LogP contribution in [0.2, 0.25) is 5.02 Å². The van der Waals surface area contributed by atoms with E-state index in [4.69, 9.17) is 16.3 Å². The van der Waals surface area contributed by atoms with Crippen molar-refractivity contribution < 1.29 is 9.84 Å². The van der Waals surface area contributed by atoms with Crippen LogP contribution in [0.25, 0.3) is 15.2 Å². The first kappa shape index (κ1) is 17.8. The standard InChI is InChI=1S/C18H16ClN3O2S2/c19-13-7-5-12(6-8-13)9-24-10-14(23)11-25-17-20-21-18-22(17)15-3-1-2-4-16(15)26-18/h1-8,14,23H,9-11H2. The van der Waals surface area contributed by atoms with Gasteiger partial charge in [-0.05, 0) is 29.8 Å². The summed E-state index contributed by atoms with van der Waals surface area (Å²) in [4.78, 5) is 0.863. The molecule has 5 nitrogen and oxygen atoms in total. The van der Waals surface area contributed by atoms with E-state index in [1.54, 1.807) is 11.3 Å². The third kappa shape index (κ3) is 3.87. The van der Waals surface area contributed by atoms with Gasteiger partial charge in [0.25, 0.3) is 0 Å². The molecular formula is C18H16ClN3O2S2. The molecule has 26 heavy (non-hydrogen) atoms. The van der Waals surface area contributed by atoms with Crippen molar-refractivity contribution >= 4 is 49.9 Å². The molecule has 4 rings (SSSR count). The van der Waals surface area contributed by atoms with Crippen LogP contribution < -0.4 is 0 Å². The molecule has 2 aromatic heterocycles. The number of aliphatic hydroxyl groups excluding tert-OH is 1. The van der Waals surface area contributed by atoms with Crippen LogP contribution in [0, 0.1) is 0 Å². The van der Waals surface area contributed by atoms with Gasteiger partial charge in [0.2, 0.25) is 4.96 Å². The SMILES string of the molecule is OC(COCc1ccc(Cl)cc1)CSc1nnc2sc3ccccc3n12. The van der Waals surface area contributed by atoms with E-state index in [2.05, 4.69) is 22.3 Å². The van der Waals surface area contributed by atoms with Gasteiger partial charge in [-0.15, -0.1) is 10.2 Å². The molecule has 0 saturated heterocycles. The quantitative estimate of drug-likeness (QED) is 0.465. The molecule has 1 atom stereocenters. The average Bonchev–Trinajstić information content (AvgIpc) is 3.21. The summed E-state index contributed by atoms with van der Waals surface area (Å²) in [7, 11) is 0. The minimum absolute atomic E-state index is 0.266. The van der Waals surface area contributed by atoms with E-state index < -0.39 is 6.10 Å². The molecule has 0 saturated carbocycles. The van der Waals surface area contributed by atoms with Crippen LogP contribution in [0.3, 0.4) is 0 Å². The Bertz CT molecular complexity index is 1020. The number of aromatic nitrogens is 3. The summed E-state index contributed by atoms with van der Waals surface area (Å²) in [6, 6.07) is 15.6. The molecule has 8 heteroatoms. The number of rotatable bonds is 7. The highest BCUT2D eigenvalue weighted by Gasteiger charge is 2.14. The molecule has 1 unspecified atom stereocenters. The number of para-hydroxylation sites is 1. The molecule has 4 aromatic rings. The summed E-state index contributed by atoms with van der Waals surface area (Å²) in [6.07, 6.45) is -0.579. The van der Waals surface area contributed by atoms with Gasteiger partial charge in [0.15, 0.2) is 5.16 Å². The van der Waals surface area contributed by atoms with Crippen LogP contribution in [0.5, 0.6) is 0 Å². The number of hydrogen-bond donors (Lipinski definition) is 1. The third-order valence-electron chi connectivity index (χ3n) is 3.81. The Morgan fingerprint density at radius 1 is 1.15 bits per heavy atom. The predicted molar refractivity (Wildman–Crippen MR) is 106 cm³/mol. The summed E-state index contributed by atoms with van der Waals surface area (Å²) in [5.41, 5.74) is 2.12. The second kappa shape index (κ2) is 7.94. The van der Waals surface area contributed by atoms with Crippen LogP contribution in [0.15, 0.2) is 53.7 Å². The number of thioether (sulfide) groups is 1. The highest BCUT2D eigenvalue weighted by Crippen LogP contribution is 2.29. The molecule has 0 aliphatic heterocycles. The van der Waals surface area contributed by atoms with Crippen molar-refractivity contribution in [2.75, 3.05) is 12.4 Å². The molecule has 0 radical (unpaired) electrons. The molecule has 0 fully saturated rings. The van der Waals surface area contributed by atoms with Crippen LogP contribution in [-0.2, 0) is 11.3 Å². The zero-order chi connectivity index (χ0) is 17.9. The van der Waals surface area contributed by atoms with Crippen LogP contribution in [-0.4, -0.2) is 38.2 Å². The molecule has 2 aromatic carbocycles. The number of benzene rings is 2. The molecule has 0 amide bonds. The Morgan fingerprint density at radius 3 is 2.81 bits per heavy atom. The van der Waals surface area contributed by atoms with Gasteiger partial charge in [0.05, 0.1) is 29.5 Å². The van der Waals surface area contributed by atoms with Crippen molar-refractivity contribution in [2.24, 2.45) is 0 Å². The summed E-state index contributed by atoms with van der Waals surface area (Å²) in [5, 5.41) is 20.1. The summed E-state index contributed by atoms with van der Waals surface area (Å²) in [5.74, 6) is 0.492. The number of nitrogens with zero attached hydrogens (tertiary/aromatic N) is 3. The Balaban J connectivity index is 1.33. The van der Waals surface area contributed by atoms with E-state index >= 15 is 0 Å². The van der Waals surface area contributed by atoms with Gasteiger partial charge in [0.1, 0.15) is 0 Å². The first-order valence-corrected chi connectivity index (χ1v) is 10.2. The molecular weight excluding hydrogens is 390 g/mol. The minimum atomic E-state index is -0.579. The van der Waals surface area contributed by atoms with Crippen molar-refractivity contribution in [3.05, 3.63) is 59.1 Å². The van der Waals surface area contributed by atoms with Crippen LogP contribution in [0.4, 0.5) is 0 Å². The Hall–Kier alpha value is -1.64. The average molecular weight is 406 g/mol. The lowest BCUT2D eigenvalue weighted by molar-refractivity contribution is 0.0398. The Morgan fingerprint density at radius 2 is 1.96 bits per heavy atom. The lowest BCUT2D eigenvalue weighted by Crippen LogP contribution is -2.18. The van der Waals surface area contributed by atoms with Gasteiger partial charge in [-0.25, -0.2) is 0 Å². The van der Waals surface area contributed by atoms with Crippen LogP contribution in [0.1, 0.15) is 5.56 Å². The van der Waals surface area contributed by atoms with Crippen molar-refractivity contribution in [3.63, 3.8) is 0 Å². The number of hydrogen-bond acceptors (Lipinski definition) is 6. The van der Waals surface area contributed by atoms with Crippen molar-refractivity contribution in [1.82, 2.24) is 14.6 Å². The van der Waals surface area contributed by atoms with Crippen molar-refractivity contribution in [2.45, 2.75) is 17.9 Å². The van der Waals surface area contributed by atoms with Gasteiger partial charge in [0, 0.05) is 10.8 Å². The van der Waals surface area contributed by atoms with Gasteiger partial charge >= 0.3 is 0 Å². The molecule has 0 aliphatic carbocycles. The number of fused-ring (bicyclic) bond motifs is 3. The van der Waals surface area contributed by atoms with Gasteiger partial charge in [-0.2, -0.15) is 0 Å². The Kier molecular flexibility index (Phi) is 5.42. The van der Waals surface area contributed by atoms with Crippen molar-refractivity contribution in [3.8, 4) is 0 Å². The van der Waals surface area contributed by atoms with Crippen molar-refractivity contribution in [1.29, 1.82) is 0 Å². The maximum absolute atomic E-state index is 10.2. The predicted octanol–water partition coefficient (Wildman–Crippen LogP) is 4.27. The van der Waals surface area contributed by atoms with E-state index in [9.17, 15) is 5.11 Å². The van der Waals surface area contributed by atoms with E-state index in [1.807, 2.05) is 40.8 Å². The highest BCUT2D eigenvalue weighted by molar-refractivity contribution is 7.99. The number of thiazole rings is 1. The van der Waals surface area contributed by atoms with E-state index in [-0.39, 0.29) is 6.61 Å². The second-order valence-corrected chi connectivity index (χ2v) is 8.21. The second-order valence-electron chi connectivity index (χ2n) is 5.78. The zero-order valence-corrected chi connectivity index (χ0v) is 16.1. The topological polar surface area (TPSA) is 59.7 Å². The Labute approximate surface area is 163 Å². The number of ether oxygens (including phenoxy) is 1. The number of halogens is 1. The molecule has 134 valence electrons. The van der Waals surface area contributed by atoms with Gasteiger partial charge in [-0.3, -0.25) is 4.40 Å². The lowest BCUT2D eigenvalue weighted by atomic mass is 10.2. The first-order valence-electron chi connectivity index (χ1n) is 8.06. The smallest absolute Gasteiger partial charge is 0.217 e. The van der Waals surface area contributed by atoms with E-state index in [1.165, 1.54) is 16.5 Å². The van der Waals surface area contributed by atoms with E-state index in [0.29, 0.717) is 17.4 Å². The monoisotopic (exact) mass is 405 g/mol. The normalized spacial score (nSPS) is 12.8. The molecule has 1 N–H and O–H groups in total. The lowest BCUT2D eigenvalue weighted by Gasteiger charge is -2.10. The summed E-state index contributed by atoms with van der Waals surface area (Å²) >= 11 is 8.95. The number of aliphatic hydroxyl groups is 1. The maximum Gasteiger partial charge on any atom is 0.217 e. The molecule has 0 bridgehead atoms. The molecule has 0 spiro atoms. The zero-order valence-electron chi connectivity index (χ0n) is 13.7. The summed E-state index contributed by atoms with van der Waals surface area (Å²) < 4.78 is 8.79. The van der Waals surface area contributed by atoms with Gasteiger partial charge < -0.3 is 9.84 Å². The maximum atomic E-state index is 10.2. The molecule has 2 heterocycles. The fourth-order valence-corrected chi connectivity index (χ4v) is 4.56. The fraction of sp³-hybridized carbons (Fsp3) is 0.222. The largest absolute Gasteiger partial charge is 0.390 e. The third-order valence-corrected chi connectivity index (χ3v) is 6.15. The van der Waals surface area contributed by atoms with Gasteiger partial charge in [-0.1, -0.05) is 59.0 Å². The minimum Gasteiger partial charge on any atom is -0.390 e. The highest BCUT2D eigenvalue weighted by atomic mass is 35.5. The van der Waals surface area contributed by atoms with E-state index in [0.717, 1.165) is 21.2 Å². The molecule has 0 aliphatic rings. The van der Waals surface area contributed by atoms with Crippen LogP contribution >= 0.6 is 34.7 Å². The fourth-order valence-electron chi connectivity index (χ4n) is 2.56.